The van der Waals surface area contributed by atoms with E-state index in [0.717, 1.165) is 18.8 Å². The van der Waals surface area contributed by atoms with Gasteiger partial charge in [-0.3, -0.25) is 0 Å². The largest absolute Gasteiger partial charge is 0.327 e. The molecule has 0 heterocycles. The van der Waals surface area contributed by atoms with Gasteiger partial charge in [0.05, 0.1) is 0 Å². The molecule has 0 radical (unpaired) electrons. The molecule has 0 saturated heterocycles. The van der Waals surface area contributed by atoms with Crippen LogP contribution in [0.4, 0.5) is 0 Å². The summed E-state index contributed by atoms with van der Waals surface area (Å²) in [7, 11) is 0. The molecule has 0 bridgehead atoms. The van der Waals surface area contributed by atoms with Crippen LogP contribution in [0.5, 0.6) is 0 Å². The topological polar surface area (TPSA) is 26.0 Å². The van der Waals surface area contributed by atoms with E-state index >= 15 is 0 Å². The Morgan fingerprint density at radius 1 is 1.33 bits per heavy atom. The highest BCUT2D eigenvalue weighted by Crippen LogP contribution is 2.27. The quantitative estimate of drug-likeness (QED) is 0.638. The van der Waals surface area contributed by atoms with Crippen molar-refractivity contribution in [2.75, 3.05) is 0 Å². The van der Waals surface area contributed by atoms with Gasteiger partial charge in [-0.05, 0) is 12.3 Å². The molecule has 0 aliphatic heterocycles. The second-order valence-electron chi connectivity index (χ2n) is 3.91. The zero-order chi connectivity index (χ0) is 8.81. The van der Waals surface area contributed by atoms with Crippen LogP contribution in [0.25, 0.3) is 0 Å². The number of terminal acetylenes is 1. The lowest BCUT2D eigenvalue weighted by atomic mass is 9.84. The minimum absolute atomic E-state index is 0.248. The average Bonchev–Trinajstić information content (AvgIpc) is 2.06. The van der Waals surface area contributed by atoms with Crippen LogP contribution in [0.15, 0.2) is 0 Å². The minimum Gasteiger partial charge on any atom is -0.327 e. The zero-order valence-corrected chi connectivity index (χ0v) is 7.76. The van der Waals surface area contributed by atoms with Crippen LogP contribution in [0.1, 0.15) is 44.9 Å². The Bertz CT molecular complexity index is 151. The van der Waals surface area contributed by atoms with Crippen molar-refractivity contribution in [2.45, 2.75) is 51.0 Å². The van der Waals surface area contributed by atoms with Crippen molar-refractivity contribution in [3.05, 3.63) is 0 Å². The van der Waals surface area contributed by atoms with Gasteiger partial charge in [-0.15, -0.1) is 12.3 Å². The summed E-state index contributed by atoms with van der Waals surface area (Å²) in [6.07, 6.45) is 14.1. The molecule has 0 amide bonds. The Morgan fingerprint density at radius 2 is 2.00 bits per heavy atom. The Kier molecular flexibility index (Phi) is 4.18. The summed E-state index contributed by atoms with van der Waals surface area (Å²) >= 11 is 0. The molecule has 0 spiro atoms. The van der Waals surface area contributed by atoms with E-state index in [1.165, 1.54) is 32.1 Å². The van der Waals surface area contributed by atoms with Crippen molar-refractivity contribution in [1.82, 2.24) is 0 Å². The van der Waals surface area contributed by atoms with Gasteiger partial charge in [0.25, 0.3) is 0 Å². The van der Waals surface area contributed by atoms with Crippen molar-refractivity contribution >= 4 is 0 Å². The maximum Gasteiger partial charge on any atom is 0.0238 e. The molecule has 1 saturated carbocycles. The van der Waals surface area contributed by atoms with Crippen LogP contribution in [-0.2, 0) is 0 Å². The molecule has 68 valence electrons. The first-order chi connectivity index (χ1) is 5.83. The molecule has 0 aromatic carbocycles. The van der Waals surface area contributed by atoms with Gasteiger partial charge in [-0.1, -0.05) is 32.1 Å². The van der Waals surface area contributed by atoms with E-state index in [0.29, 0.717) is 0 Å². The van der Waals surface area contributed by atoms with Gasteiger partial charge < -0.3 is 5.73 Å². The van der Waals surface area contributed by atoms with Gasteiger partial charge in [0.15, 0.2) is 0 Å². The fourth-order valence-corrected chi connectivity index (χ4v) is 2.09. The lowest BCUT2D eigenvalue weighted by molar-refractivity contribution is 0.318. The third-order valence-electron chi connectivity index (χ3n) is 2.74. The maximum absolute atomic E-state index is 5.87. The molecule has 1 rings (SSSR count). The van der Waals surface area contributed by atoms with Gasteiger partial charge in [-0.2, -0.15) is 0 Å². The normalized spacial score (nSPS) is 21.7. The highest BCUT2D eigenvalue weighted by molar-refractivity contribution is 4.89. The minimum atomic E-state index is 0.248. The van der Waals surface area contributed by atoms with Crippen LogP contribution in [0.2, 0.25) is 0 Å². The van der Waals surface area contributed by atoms with Crippen LogP contribution in [-0.4, -0.2) is 6.04 Å². The van der Waals surface area contributed by atoms with E-state index in [1.54, 1.807) is 0 Å². The third-order valence-corrected chi connectivity index (χ3v) is 2.74. The summed E-state index contributed by atoms with van der Waals surface area (Å²) < 4.78 is 0. The molecule has 1 aliphatic rings. The second kappa shape index (κ2) is 5.22. The summed E-state index contributed by atoms with van der Waals surface area (Å²) in [5.74, 6) is 3.50. The van der Waals surface area contributed by atoms with Gasteiger partial charge in [0.1, 0.15) is 0 Å². The summed E-state index contributed by atoms with van der Waals surface area (Å²) in [6, 6.07) is 0.248. The van der Waals surface area contributed by atoms with Crippen molar-refractivity contribution < 1.29 is 0 Å². The third kappa shape index (κ3) is 3.28. The van der Waals surface area contributed by atoms with E-state index in [9.17, 15) is 0 Å². The van der Waals surface area contributed by atoms with Gasteiger partial charge in [0, 0.05) is 12.5 Å². The van der Waals surface area contributed by atoms with Crippen molar-refractivity contribution in [2.24, 2.45) is 11.7 Å². The molecule has 1 atom stereocenters. The second-order valence-corrected chi connectivity index (χ2v) is 3.91. The van der Waals surface area contributed by atoms with Crippen LogP contribution >= 0.6 is 0 Å². The van der Waals surface area contributed by atoms with Crippen molar-refractivity contribution in [3.63, 3.8) is 0 Å². The molecular weight excluding hydrogens is 146 g/mol. The number of nitrogens with two attached hydrogens (primary N) is 1. The Morgan fingerprint density at radius 3 is 2.58 bits per heavy atom. The molecule has 1 heteroatoms. The summed E-state index contributed by atoms with van der Waals surface area (Å²) in [5.41, 5.74) is 5.87. The van der Waals surface area contributed by atoms with Gasteiger partial charge >= 0.3 is 0 Å². The number of rotatable bonds is 3. The van der Waals surface area contributed by atoms with Crippen molar-refractivity contribution in [3.8, 4) is 12.3 Å². The summed E-state index contributed by atoms with van der Waals surface area (Å²) in [5, 5.41) is 0. The molecule has 1 unspecified atom stereocenters. The fraction of sp³-hybridized carbons (Fsp3) is 0.818. The van der Waals surface area contributed by atoms with Gasteiger partial charge in [0.2, 0.25) is 0 Å². The predicted octanol–water partition coefficient (Wildman–Crippen LogP) is 2.31. The molecular formula is C11H19N. The number of hydrogen-bond acceptors (Lipinski definition) is 1. The molecule has 12 heavy (non-hydrogen) atoms. The first kappa shape index (κ1) is 9.61. The SMILES string of the molecule is C#CCC(N)CC1CCCCC1. The predicted molar refractivity (Wildman–Crippen MR) is 52.6 cm³/mol. The van der Waals surface area contributed by atoms with Gasteiger partial charge in [-0.25, -0.2) is 0 Å². The van der Waals surface area contributed by atoms with Crippen LogP contribution in [0, 0.1) is 18.3 Å². The average molecular weight is 165 g/mol. The number of hydrogen-bond donors (Lipinski definition) is 1. The lowest BCUT2D eigenvalue weighted by Crippen LogP contribution is -2.24. The van der Waals surface area contributed by atoms with Crippen LogP contribution < -0.4 is 5.73 Å². The van der Waals surface area contributed by atoms with E-state index in [1.807, 2.05) is 0 Å². The molecule has 1 fully saturated rings. The van der Waals surface area contributed by atoms with E-state index < -0.39 is 0 Å². The molecule has 2 N–H and O–H groups in total. The molecule has 1 nitrogen and oxygen atoms in total. The Balaban J connectivity index is 2.16. The highest BCUT2D eigenvalue weighted by Gasteiger charge is 2.15. The lowest BCUT2D eigenvalue weighted by Gasteiger charge is -2.23. The van der Waals surface area contributed by atoms with E-state index in [4.69, 9.17) is 12.2 Å². The Labute approximate surface area is 75.7 Å². The van der Waals surface area contributed by atoms with E-state index in [-0.39, 0.29) is 6.04 Å². The smallest absolute Gasteiger partial charge is 0.0238 e. The zero-order valence-electron chi connectivity index (χ0n) is 7.76. The van der Waals surface area contributed by atoms with Crippen LogP contribution in [0.3, 0.4) is 0 Å². The molecule has 0 aromatic rings. The maximum atomic E-state index is 5.87. The fourth-order valence-electron chi connectivity index (χ4n) is 2.09. The summed E-state index contributed by atoms with van der Waals surface area (Å²) in [4.78, 5) is 0. The molecule has 1 aliphatic carbocycles. The standard InChI is InChI=1S/C11H19N/c1-2-6-11(12)9-10-7-4-3-5-8-10/h1,10-11H,3-9,12H2. The molecule has 0 aromatic heterocycles. The highest BCUT2D eigenvalue weighted by atomic mass is 14.6. The Hall–Kier alpha value is -0.480. The monoisotopic (exact) mass is 165 g/mol. The summed E-state index contributed by atoms with van der Waals surface area (Å²) in [6.45, 7) is 0. The van der Waals surface area contributed by atoms with Crippen molar-refractivity contribution in [1.29, 1.82) is 0 Å². The first-order valence-corrected chi connectivity index (χ1v) is 5.02. The first-order valence-electron chi connectivity index (χ1n) is 5.02. The van der Waals surface area contributed by atoms with E-state index in [2.05, 4.69) is 5.92 Å².